The van der Waals surface area contributed by atoms with E-state index in [4.69, 9.17) is 0 Å². The minimum atomic E-state index is 0. The van der Waals surface area contributed by atoms with Gasteiger partial charge in [0.1, 0.15) is 0 Å². The van der Waals surface area contributed by atoms with Crippen molar-refractivity contribution >= 4 is 32.3 Å². The topological polar surface area (TPSA) is 0 Å². The van der Waals surface area contributed by atoms with Crippen LogP contribution in [0.1, 0.15) is 16.7 Å². The molecule has 4 aromatic carbocycles. The van der Waals surface area contributed by atoms with Crippen molar-refractivity contribution in [3.63, 3.8) is 0 Å². The largest absolute Gasteiger partial charge is 0.0616 e. The molecule has 0 atom stereocenters. The zero-order chi connectivity index (χ0) is 14.0. The van der Waals surface area contributed by atoms with Gasteiger partial charge in [-0.3, -0.25) is 0 Å². The van der Waals surface area contributed by atoms with E-state index in [9.17, 15) is 0 Å². The van der Waals surface area contributed by atoms with Gasteiger partial charge in [-0.1, -0.05) is 48.5 Å². The standard InChI is InChI=1S/C21H16.CH/c1-13-6-7-15-12-20-17-5-3-2-4-14(17)8-9-18(20)19-11-10-16(13)21(15)19;/h2-9,12H,10-11H2,1H3;1H. The summed E-state index contributed by atoms with van der Waals surface area (Å²) in [4.78, 5) is 0. The first-order valence-electron chi connectivity index (χ1n) is 7.68. The summed E-state index contributed by atoms with van der Waals surface area (Å²) in [5, 5.41) is 8.51. The van der Waals surface area contributed by atoms with Crippen LogP contribution in [0.25, 0.3) is 32.3 Å². The Kier molecular flexibility index (Phi) is 2.77. The molecule has 0 aromatic heterocycles. The van der Waals surface area contributed by atoms with Crippen molar-refractivity contribution in [3.05, 3.63) is 78.7 Å². The molecule has 4 aromatic rings. The van der Waals surface area contributed by atoms with E-state index >= 15 is 0 Å². The molecular formula is C22H17. The molecule has 0 aliphatic heterocycles. The Labute approximate surface area is 131 Å². The highest BCUT2D eigenvalue weighted by molar-refractivity contribution is 6.15. The first kappa shape index (κ1) is 13.3. The predicted octanol–water partition coefficient (Wildman–Crippen LogP) is 5.76. The number of aryl methyl sites for hydroxylation is 3. The molecule has 1 aliphatic carbocycles. The van der Waals surface area contributed by atoms with Gasteiger partial charge in [0.05, 0.1) is 0 Å². The van der Waals surface area contributed by atoms with Crippen molar-refractivity contribution in [1.82, 2.24) is 0 Å². The quantitative estimate of drug-likeness (QED) is 0.284. The molecule has 105 valence electrons. The Balaban J connectivity index is 0.00000125. The van der Waals surface area contributed by atoms with Gasteiger partial charge in [-0.15, -0.1) is 0 Å². The van der Waals surface area contributed by atoms with Crippen LogP contribution in [-0.2, 0) is 12.8 Å². The minimum absolute atomic E-state index is 0. The van der Waals surface area contributed by atoms with E-state index < -0.39 is 0 Å². The van der Waals surface area contributed by atoms with Gasteiger partial charge in [0, 0.05) is 0 Å². The van der Waals surface area contributed by atoms with Gasteiger partial charge in [0.2, 0.25) is 0 Å². The summed E-state index contributed by atoms with van der Waals surface area (Å²) in [6.07, 6.45) is 2.39. The monoisotopic (exact) mass is 281 g/mol. The maximum atomic E-state index is 2.39. The van der Waals surface area contributed by atoms with Crippen molar-refractivity contribution in [1.29, 1.82) is 0 Å². The highest BCUT2D eigenvalue weighted by Gasteiger charge is 2.19. The molecule has 0 heteroatoms. The fourth-order valence-corrected chi connectivity index (χ4v) is 4.08. The first-order valence-corrected chi connectivity index (χ1v) is 7.68. The molecule has 0 spiro atoms. The van der Waals surface area contributed by atoms with Crippen LogP contribution in [0.4, 0.5) is 0 Å². The summed E-state index contributed by atoms with van der Waals surface area (Å²) < 4.78 is 0. The van der Waals surface area contributed by atoms with E-state index in [1.54, 1.807) is 11.1 Å². The van der Waals surface area contributed by atoms with E-state index in [2.05, 4.69) is 61.5 Å². The van der Waals surface area contributed by atoms with Crippen molar-refractivity contribution in [3.8, 4) is 0 Å². The zero-order valence-electron chi connectivity index (χ0n) is 12.7. The number of fused-ring (bicyclic) bond motifs is 4. The van der Waals surface area contributed by atoms with Gasteiger partial charge in [-0.05, 0) is 82.3 Å². The molecule has 3 radical (unpaired) electrons. The summed E-state index contributed by atoms with van der Waals surface area (Å²) >= 11 is 0. The van der Waals surface area contributed by atoms with Crippen molar-refractivity contribution in [2.75, 3.05) is 0 Å². The average molecular weight is 281 g/mol. The van der Waals surface area contributed by atoms with Crippen LogP contribution in [0.5, 0.6) is 0 Å². The molecule has 0 saturated carbocycles. The van der Waals surface area contributed by atoms with Gasteiger partial charge < -0.3 is 0 Å². The predicted molar refractivity (Wildman–Crippen MR) is 95.4 cm³/mol. The van der Waals surface area contributed by atoms with Crippen LogP contribution in [0.2, 0.25) is 0 Å². The van der Waals surface area contributed by atoms with Gasteiger partial charge in [0.25, 0.3) is 0 Å². The highest BCUT2D eigenvalue weighted by atomic mass is 14.2. The molecule has 22 heavy (non-hydrogen) atoms. The van der Waals surface area contributed by atoms with Crippen molar-refractivity contribution in [2.45, 2.75) is 19.8 Å². The summed E-state index contributed by atoms with van der Waals surface area (Å²) in [6.45, 7) is 2.24. The third-order valence-corrected chi connectivity index (χ3v) is 5.10. The Morgan fingerprint density at radius 3 is 2.36 bits per heavy atom. The maximum Gasteiger partial charge on any atom is -0.00962 e. The summed E-state index contributed by atoms with van der Waals surface area (Å²) in [6, 6.07) is 20.3. The van der Waals surface area contributed by atoms with Crippen LogP contribution in [0, 0.1) is 14.4 Å². The number of hydrogen-bond acceptors (Lipinski definition) is 0. The average Bonchev–Trinajstić information content (AvgIpc) is 2.97. The molecule has 1 aliphatic rings. The second-order valence-electron chi connectivity index (χ2n) is 6.20. The SMILES string of the molecule is Cc1ccc2cc3c(ccc4ccccc43)c3c2c1CC3.[CH]. The van der Waals surface area contributed by atoms with Gasteiger partial charge in [-0.2, -0.15) is 0 Å². The minimum Gasteiger partial charge on any atom is -0.0616 e. The second kappa shape index (κ2) is 4.58. The second-order valence-corrected chi connectivity index (χ2v) is 6.20. The van der Waals surface area contributed by atoms with E-state index in [0.29, 0.717) is 0 Å². The Morgan fingerprint density at radius 2 is 1.45 bits per heavy atom. The first-order chi connectivity index (χ1) is 10.3. The van der Waals surface area contributed by atoms with Crippen LogP contribution >= 0.6 is 0 Å². The fourth-order valence-electron chi connectivity index (χ4n) is 4.08. The third-order valence-electron chi connectivity index (χ3n) is 5.10. The van der Waals surface area contributed by atoms with Crippen LogP contribution < -0.4 is 0 Å². The number of hydrogen-bond donors (Lipinski definition) is 0. The lowest BCUT2D eigenvalue weighted by Gasteiger charge is -2.11. The van der Waals surface area contributed by atoms with E-state index in [0.717, 1.165) is 0 Å². The Bertz CT molecular complexity index is 1040. The summed E-state index contributed by atoms with van der Waals surface area (Å²) in [5.41, 5.74) is 4.57. The molecular weight excluding hydrogens is 264 g/mol. The lowest BCUT2D eigenvalue weighted by atomic mass is 9.93. The smallest absolute Gasteiger partial charge is 0.00962 e. The van der Waals surface area contributed by atoms with Gasteiger partial charge >= 0.3 is 0 Å². The molecule has 0 bridgehead atoms. The molecule has 0 heterocycles. The van der Waals surface area contributed by atoms with E-state index in [-0.39, 0.29) is 7.43 Å². The third kappa shape index (κ3) is 1.58. The maximum absolute atomic E-state index is 2.39. The molecule has 0 amide bonds. The summed E-state index contributed by atoms with van der Waals surface area (Å²) in [7, 11) is 0. The lowest BCUT2D eigenvalue weighted by Crippen LogP contribution is -1.86. The molecule has 0 nitrogen and oxygen atoms in total. The molecule has 0 saturated heterocycles. The van der Waals surface area contributed by atoms with Gasteiger partial charge in [0.15, 0.2) is 0 Å². The zero-order valence-corrected chi connectivity index (χ0v) is 12.7. The van der Waals surface area contributed by atoms with Gasteiger partial charge in [-0.25, -0.2) is 0 Å². The Morgan fingerprint density at radius 1 is 0.682 bits per heavy atom. The Hall–Kier alpha value is -2.34. The fraction of sp³-hybridized carbons (Fsp3) is 0.136. The van der Waals surface area contributed by atoms with Crippen LogP contribution in [-0.4, -0.2) is 0 Å². The molecule has 5 rings (SSSR count). The number of benzene rings is 4. The highest BCUT2D eigenvalue weighted by Crippen LogP contribution is 2.40. The van der Waals surface area contributed by atoms with Crippen LogP contribution in [0.15, 0.2) is 54.6 Å². The normalized spacial score (nSPS) is 13.0. The van der Waals surface area contributed by atoms with Crippen molar-refractivity contribution in [2.24, 2.45) is 0 Å². The lowest BCUT2D eigenvalue weighted by molar-refractivity contribution is 1.02. The molecule has 0 N–H and O–H groups in total. The molecule has 0 unspecified atom stereocenters. The van der Waals surface area contributed by atoms with E-state index in [1.165, 1.54) is 50.7 Å². The molecule has 0 fully saturated rings. The summed E-state index contributed by atoms with van der Waals surface area (Å²) in [5.74, 6) is 0. The van der Waals surface area contributed by atoms with Crippen molar-refractivity contribution < 1.29 is 0 Å². The van der Waals surface area contributed by atoms with Crippen LogP contribution in [0.3, 0.4) is 0 Å². The van der Waals surface area contributed by atoms with E-state index in [1.807, 2.05) is 0 Å². The number of rotatable bonds is 0.